The van der Waals surface area contributed by atoms with Crippen LogP contribution < -0.4 is 10.9 Å². The van der Waals surface area contributed by atoms with Crippen LogP contribution in [0, 0.1) is 0 Å². The van der Waals surface area contributed by atoms with E-state index in [1.807, 2.05) is 71.5 Å². The van der Waals surface area contributed by atoms with E-state index >= 15 is 0 Å². The van der Waals surface area contributed by atoms with Crippen LogP contribution >= 0.6 is 0 Å². The summed E-state index contributed by atoms with van der Waals surface area (Å²) in [5.74, 6) is 0. The number of H-pyrrole nitrogens is 1. The Labute approximate surface area is 144 Å². The second-order valence-corrected chi connectivity index (χ2v) is 5.88. The second-order valence-electron chi connectivity index (χ2n) is 5.88. The minimum atomic E-state index is -0.0547. The molecule has 0 aliphatic heterocycles. The second kappa shape index (κ2) is 6.75. The van der Waals surface area contributed by atoms with Gasteiger partial charge in [-0.1, -0.05) is 36.4 Å². The average Bonchev–Trinajstić information content (AvgIpc) is 3.14. The molecule has 5 nitrogen and oxygen atoms in total. The van der Waals surface area contributed by atoms with Gasteiger partial charge < -0.3 is 10.3 Å². The monoisotopic (exact) mass is 330 g/mol. The van der Waals surface area contributed by atoms with E-state index in [2.05, 4.69) is 15.4 Å². The molecule has 0 bridgehead atoms. The quantitative estimate of drug-likeness (QED) is 0.591. The topological polar surface area (TPSA) is 62.7 Å². The summed E-state index contributed by atoms with van der Waals surface area (Å²) < 4.78 is 1.87. The molecule has 124 valence electrons. The van der Waals surface area contributed by atoms with Crippen molar-refractivity contribution in [3.05, 3.63) is 94.7 Å². The van der Waals surface area contributed by atoms with E-state index in [0.717, 1.165) is 27.7 Å². The fourth-order valence-corrected chi connectivity index (χ4v) is 2.92. The van der Waals surface area contributed by atoms with Gasteiger partial charge in [0.1, 0.15) is 0 Å². The highest BCUT2D eigenvalue weighted by molar-refractivity contribution is 5.84. The van der Waals surface area contributed by atoms with E-state index in [1.54, 1.807) is 6.20 Å². The zero-order chi connectivity index (χ0) is 17.1. The van der Waals surface area contributed by atoms with Gasteiger partial charge in [-0.05, 0) is 35.2 Å². The first kappa shape index (κ1) is 15.4. The summed E-state index contributed by atoms with van der Waals surface area (Å²) in [4.78, 5) is 14.7. The fourth-order valence-electron chi connectivity index (χ4n) is 2.92. The van der Waals surface area contributed by atoms with Crippen molar-refractivity contribution in [1.82, 2.24) is 20.1 Å². The Bertz CT molecular complexity index is 1050. The molecule has 0 saturated heterocycles. The van der Waals surface area contributed by atoms with E-state index in [4.69, 9.17) is 0 Å². The van der Waals surface area contributed by atoms with Crippen molar-refractivity contribution in [2.45, 2.75) is 13.1 Å². The van der Waals surface area contributed by atoms with Gasteiger partial charge >= 0.3 is 0 Å². The molecular weight excluding hydrogens is 312 g/mol. The predicted molar refractivity (Wildman–Crippen MR) is 98.7 cm³/mol. The van der Waals surface area contributed by atoms with Gasteiger partial charge in [-0.2, -0.15) is 5.10 Å². The van der Waals surface area contributed by atoms with Crippen LogP contribution in [-0.2, 0) is 13.1 Å². The highest BCUT2D eigenvalue weighted by Gasteiger charge is 2.05. The first-order chi connectivity index (χ1) is 12.3. The molecule has 0 amide bonds. The van der Waals surface area contributed by atoms with Crippen molar-refractivity contribution in [1.29, 1.82) is 0 Å². The van der Waals surface area contributed by atoms with Gasteiger partial charge in [0.25, 0.3) is 5.56 Å². The lowest BCUT2D eigenvalue weighted by Gasteiger charge is -2.07. The zero-order valence-corrected chi connectivity index (χ0v) is 13.6. The van der Waals surface area contributed by atoms with Crippen LogP contribution in [0.1, 0.15) is 11.3 Å². The molecule has 0 saturated carbocycles. The van der Waals surface area contributed by atoms with Crippen LogP contribution in [0.4, 0.5) is 0 Å². The van der Waals surface area contributed by atoms with Gasteiger partial charge in [-0.15, -0.1) is 0 Å². The number of hydrogen-bond acceptors (Lipinski definition) is 3. The van der Waals surface area contributed by atoms with Gasteiger partial charge in [-0.25, -0.2) is 4.68 Å². The number of pyridine rings is 1. The Morgan fingerprint density at radius 3 is 2.52 bits per heavy atom. The molecule has 4 aromatic rings. The van der Waals surface area contributed by atoms with Crippen LogP contribution in [0.5, 0.6) is 0 Å². The highest BCUT2D eigenvalue weighted by Crippen LogP contribution is 2.14. The maximum atomic E-state index is 11.9. The van der Waals surface area contributed by atoms with E-state index in [1.165, 1.54) is 0 Å². The number of hydrogen-bond donors (Lipinski definition) is 2. The molecule has 0 spiro atoms. The molecule has 2 heterocycles. The molecule has 0 aliphatic rings. The lowest BCUT2D eigenvalue weighted by molar-refractivity contribution is 0.670. The van der Waals surface area contributed by atoms with Crippen molar-refractivity contribution in [3.8, 4) is 5.69 Å². The summed E-state index contributed by atoms with van der Waals surface area (Å²) in [6.45, 7) is 1.32. The average molecular weight is 330 g/mol. The molecule has 2 aromatic carbocycles. The van der Waals surface area contributed by atoms with Crippen LogP contribution in [0.3, 0.4) is 0 Å². The Hall–Kier alpha value is -3.18. The number of aromatic nitrogens is 3. The molecule has 0 atom stereocenters. The minimum Gasteiger partial charge on any atom is -0.328 e. The van der Waals surface area contributed by atoms with E-state index in [9.17, 15) is 4.79 Å². The molecule has 0 aliphatic carbocycles. The Morgan fingerprint density at radius 1 is 0.920 bits per heavy atom. The molecule has 4 rings (SSSR count). The summed E-state index contributed by atoms with van der Waals surface area (Å²) >= 11 is 0. The number of para-hydroxylation sites is 1. The van der Waals surface area contributed by atoms with E-state index in [0.29, 0.717) is 13.1 Å². The Morgan fingerprint density at radius 2 is 1.68 bits per heavy atom. The van der Waals surface area contributed by atoms with Crippen molar-refractivity contribution >= 4 is 10.8 Å². The fraction of sp³-hybridized carbons (Fsp3) is 0.100. The SMILES string of the molecule is O=c1[nH]cc(CNCc2ccn(-c3ccccc3)n2)c2ccccc12. The van der Waals surface area contributed by atoms with Crippen LogP contribution in [-0.4, -0.2) is 14.8 Å². The number of nitrogens with one attached hydrogen (secondary N) is 2. The van der Waals surface area contributed by atoms with Gasteiger partial charge in [-0.3, -0.25) is 4.79 Å². The lowest BCUT2D eigenvalue weighted by Crippen LogP contribution is -2.16. The van der Waals surface area contributed by atoms with Crippen molar-refractivity contribution in [2.24, 2.45) is 0 Å². The summed E-state index contributed by atoms with van der Waals surface area (Å²) in [6.07, 6.45) is 3.74. The van der Waals surface area contributed by atoms with Gasteiger partial charge in [0.2, 0.25) is 0 Å². The van der Waals surface area contributed by atoms with Gasteiger partial charge in [0, 0.05) is 30.9 Å². The molecule has 5 heteroatoms. The number of benzene rings is 2. The van der Waals surface area contributed by atoms with Gasteiger partial charge in [0.15, 0.2) is 0 Å². The highest BCUT2D eigenvalue weighted by atomic mass is 16.1. The third kappa shape index (κ3) is 3.22. The van der Waals surface area contributed by atoms with Crippen molar-refractivity contribution in [3.63, 3.8) is 0 Å². The number of fused-ring (bicyclic) bond motifs is 1. The summed E-state index contributed by atoms with van der Waals surface area (Å²) in [7, 11) is 0. The van der Waals surface area contributed by atoms with E-state index < -0.39 is 0 Å². The zero-order valence-electron chi connectivity index (χ0n) is 13.6. The Balaban J connectivity index is 1.46. The molecule has 0 radical (unpaired) electrons. The van der Waals surface area contributed by atoms with Crippen LogP contribution in [0.25, 0.3) is 16.5 Å². The molecule has 0 unspecified atom stereocenters. The van der Waals surface area contributed by atoms with Crippen molar-refractivity contribution in [2.75, 3.05) is 0 Å². The third-order valence-electron chi connectivity index (χ3n) is 4.18. The van der Waals surface area contributed by atoms with Crippen molar-refractivity contribution < 1.29 is 0 Å². The standard InChI is InChI=1S/C20H18N4O/c25-20-19-9-5-4-8-18(19)15(13-22-20)12-21-14-16-10-11-24(23-16)17-6-2-1-3-7-17/h1-11,13,21H,12,14H2,(H,22,25). The third-order valence-corrected chi connectivity index (χ3v) is 4.18. The largest absolute Gasteiger partial charge is 0.328 e. The minimum absolute atomic E-state index is 0.0547. The molecule has 2 N–H and O–H groups in total. The number of aromatic amines is 1. The molecule has 2 aromatic heterocycles. The molecule has 25 heavy (non-hydrogen) atoms. The molecular formula is C20H18N4O. The Kier molecular flexibility index (Phi) is 4.14. The lowest BCUT2D eigenvalue weighted by atomic mass is 10.1. The first-order valence-electron chi connectivity index (χ1n) is 8.21. The smallest absolute Gasteiger partial charge is 0.255 e. The van der Waals surface area contributed by atoms with E-state index in [-0.39, 0.29) is 5.56 Å². The first-order valence-corrected chi connectivity index (χ1v) is 8.21. The number of nitrogens with zero attached hydrogens (tertiary/aromatic N) is 2. The summed E-state index contributed by atoms with van der Waals surface area (Å²) in [5.41, 5.74) is 3.02. The maximum Gasteiger partial charge on any atom is 0.255 e. The number of rotatable bonds is 5. The predicted octanol–water partition coefficient (Wildman–Crippen LogP) is 3.00. The normalized spacial score (nSPS) is 11.0. The van der Waals surface area contributed by atoms with Gasteiger partial charge in [0.05, 0.1) is 11.4 Å². The summed E-state index contributed by atoms with van der Waals surface area (Å²) in [5, 5.41) is 9.68. The molecule has 0 fully saturated rings. The maximum absolute atomic E-state index is 11.9. The van der Waals surface area contributed by atoms with Crippen LogP contribution in [0.15, 0.2) is 77.9 Å². The van der Waals surface area contributed by atoms with Crippen LogP contribution in [0.2, 0.25) is 0 Å². The summed E-state index contributed by atoms with van der Waals surface area (Å²) in [6, 6.07) is 19.7.